The smallest absolute Gasteiger partial charge is 0.350 e. The van der Waals surface area contributed by atoms with Crippen molar-refractivity contribution in [3.8, 4) is 6.07 Å². The molecule has 7 nitrogen and oxygen atoms in total. The lowest BCUT2D eigenvalue weighted by molar-refractivity contribution is -0.138. The van der Waals surface area contributed by atoms with E-state index in [4.69, 9.17) is 14.7 Å². The van der Waals surface area contributed by atoms with Gasteiger partial charge >= 0.3 is 5.97 Å². The number of esters is 1. The number of methoxy groups -OCH3 is 1. The summed E-state index contributed by atoms with van der Waals surface area (Å²) in [7, 11) is 1.58. The maximum atomic E-state index is 12.6. The van der Waals surface area contributed by atoms with Crippen molar-refractivity contribution in [2.75, 3.05) is 32.2 Å². The lowest BCUT2D eigenvalue weighted by Crippen LogP contribution is -2.28. The molecule has 2 N–H and O–H groups in total. The zero-order valence-electron chi connectivity index (χ0n) is 15.0. The summed E-state index contributed by atoms with van der Waals surface area (Å²) in [5.74, 6) is -0.859. The van der Waals surface area contributed by atoms with E-state index in [-0.39, 0.29) is 18.1 Å². The Kier molecular flexibility index (Phi) is 7.63. The molecule has 1 aromatic rings. The molecule has 0 saturated carbocycles. The van der Waals surface area contributed by atoms with Gasteiger partial charge in [-0.2, -0.15) is 5.26 Å². The van der Waals surface area contributed by atoms with E-state index in [1.807, 2.05) is 6.07 Å². The van der Waals surface area contributed by atoms with E-state index in [1.165, 1.54) is 22.4 Å². The van der Waals surface area contributed by atoms with Crippen LogP contribution >= 0.6 is 11.3 Å². The van der Waals surface area contributed by atoms with E-state index in [2.05, 4.69) is 10.6 Å². The minimum absolute atomic E-state index is 0.135. The van der Waals surface area contributed by atoms with Crippen molar-refractivity contribution in [3.05, 3.63) is 27.8 Å². The van der Waals surface area contributed by atoms with Gasteiger partial charge in [0.2, 0.25) is 0 Å². The van der Waals surface area contributed by atoms with Crippen LogP contribution in [-0.2, 0) is 27.1 Å². The first-order chi connectivity index (χ1) is 12.6. The number of nitrogens with one attached hydrogen (secondary N) is 2. The summed E-state index contributed by atoms with van der Waals surface area (Å²) >= 11 is 1.50. The Morgan fingerprint density at radius 3 is 2.81 bits per heavy atom. The minimum Gasteiger partial charge on any atom is -0.462 e. The Labute approximate surface area is 157 Å². The molecular weight excluding hydrogens is 354 g/mol. The van der Waals surface area contributed by atoms with E-state index >= 15 is 0 Å². The number of carbonyl (C=O) groups excluding carboxylic acids is 2. The molecule has 0 atom stereocenters. The van der Waals surface area contributed by atoms with Crippen LogP contribution in [0.2, 0.25) is 0 Å². The highest BCUT2D eigenvalue weighted by Crippen LogP contribution is 2.38. The van der Waals surface area contributed by atoms with Crippen LogP contribution in [0.3, 0.4) is 0 Å². The fourth-order valence-corrected chi connectivity index (χ4v) is 4.00. The topological polar surface area (TPSA) is 100 Å². The van der Waals surface area contributed by atoms with Crippen LogP contribution in [0.1, 0.15) is 40.6 Å². The molecule has 140 valence electrons. The van der Waals surface area contributed by atoms with E-state index in [0.29, 0.717) is 23.7 Å². The Morgan fingerprint density at radius 1 is 1.35 bits per heavy atom. The largest absolute Gasteiger partial charge is 0.462 e. The van der Waals surface area contributed by atoms with Crippen LogP contribution < -0.4 is 10.6 Å². The number of nitriles is 1. The standard InChI is InChI=1S/C18H23N3O4S/c1-3-25-18(23)12(10-19)11-21-17-15(16(22)20-8-9-24-2)13-6-4-5-7-14(13)26-17/h11,21H,3-9H2,1-2H3,(H,20,22)/b12-11+. The molecule has 26 heavy (non-hydrogen) atoms. The molecule has 1 aliphatic rings. The predicted octanol–water partition coefficient (Wildman–Crippen LogP) is 2.39. The Hall–Kier alpha value is -2.37. The van der Waals surface area contributed by atoms with Crippen molar-refractivity contribution >= 4 is 28.2 Å². The molecule has 1 aromatic heterocycles. The fourth-order valence-electron chi connectivity index (χ4n) is 2.75. The van der Waals surface area contributed by atoms with Gasteiger partial charge in [0.25, 0.3) is 5.91 Å². The van der Waals surface area contributed by atoms with Crippen molar-refractivity contribution in [2.24, 2.45) is 0 Å². The van der Waals surface area contributed by atoms with Gasteiger partial charge in [-0.15, -0.1) is 11.3 Å². The molecule has 0 bridgehead atoms. The third-order valence-corrected chi connectivity index (χ3v) is 5.18. The Balaban J connectivity index is 2.27. The van der Waals surface area contributed by atoms with Crippen molar-refractivity contribution in [1.29, 1.82) is 5.26 Å². The van der Waals surface area contributed by atoms with Crippen molar-refractivity contribution < 1.29 is 19.1 Å². The molecule has 0 unspecified atom stereocenters. The summed E-state index contributed by atoms with van der Waals surface area (Å²) in [4.78, 5) is 25.6. The minimum atomic E-state index is -0.685. The van der Waals surface area contributed by atoms with E-state index < -0.39 is 5.97 Å². The first-order valence-corrected chi connectivity index (χ1v) is 9.39. The van der Waals surface area contributed by atoms with Gasteiger partial charge in [-0.25, -0.2) is 4.79 Å². The highest BCUT2D eigenvalue weighted by molar-refractivity contribution is 7.16. The number of rotatable bonds is 8. The SMILES string of the molecule is CCOC(=O)/C(C#N)=C/Nc1sc2c(c1C(=O)NCCOC)CCCC2. The summed E-state index contributed by atoms with van der Waals surface area (Å²) in [6.45, 7) is 2.72. The zero-order chi connectivity index (χ0) is 18.9. The molecule has 0 aromatic carbocycles. The monoisotopic (exact) mass is 377 g/mol. The van der Waals surface area contributed by atoms with E-state index in [1.54, 1.807) is 14.0 Å². The maximum Gasteiger partial charge on any atom is 0.350 e. The van der Waals surface area contributed by atoms with Gasteiger partial charge in [0.1, 0.15) is 11.1 Å². The van der Waals surface area contributed by atoms with E-state index in [0.717, 1.165) is 31.2 Å². The molecule has 0 saturated heterocycles. The molecule has 1 heterocycles. The summed E-state index contributed by atoms with van der Waals surface area (Å²) < 4.78 is 9.82. The molecule has 0 aliphatic heterocycles. The maximum absolute atomic E-state index is 12.6. The van der Waals surface area contributed by atoms with Crippen LogP contribution in [0.25, 0.3) is 0 Å². The third kappa shape index (κ3) is 4.84. The summed E-state index contributed by atoms with van der Waals surface area (Å²) in [6, 6.07) is 1.82. The number of anilines is 1. The lowest BCUT2D eigenvalue weighted by Gasteiger charge is -2.13. The van der Waals surface area contributed by atoms with Gasteiger partial charge in [0.05, 0.1) is 18.8 Å². The summed E-state index contributed by atoms with van der Waals surface area (Å²) in [5, 5.41) is 15.6. The number of thiophene rings is 1. The van der Waals surface area contributed by atoms with Gasteiger partial charge in [-0.05, 0) is 38.2 Å². The molecule has 0 spiro atoms. The third-order valence-electron chi connectivity index (χ3n) is 3.95. The van der Waals surface area contributed by atoms with Gasteiger partial charge in [0.15, 0.2) is 5.57 Å². The van der Waals surface area contributed by atoms with E-state index in [9.17, 15) is 9.59 Å². The quantitative estimate of drug-likeness (QED) is 0.312. The highest BCUT2D eigenvalue weighted by Gasteiger charge is 2.25. The number of hydrogen-bond donors (Lipinski definition) is 2. The Bertz CT molecular complexity index is 734. The average molecular weight is 377 g/mol. The van der Waals surface area contributed by atoms with Crippen molar-refractivity contribution in [2.45, 2.75) is 32.6 Å². The van der Waals surface area contributed by atoms with Gasteiger partial charge < -0.3 is 20.1 Å². The van der Waals surface area contributed by atoms with Crippen LogP contribution in [0.15, 0.2) is 11.8 Å². The second-order valence-electron chi connectivity index (χ2n) is 5.70. The number of nitrogens with zero attached hydrogens (tertiary/aromatic N) is 1. The molecule has 1 aliphatic carbocycles. The number of fused-ring (bicyclic) bond motifs is 1. The molecule has 8 heteroatoms. The molecule has 2 rings (SSSR count). The van der Waals surface area contributed by atoms with Crippen LogP contribution in [0.4, 0.5) is 5.00 Å². The molecule has 0 radical (unpaired) electrons. The molecule has 1 amide bonds. The first-order valence-electron chi connectivity index (χ1n) is 8.57. The number of amides is 1. The number of ether oxygens (including phenoxy) is 2. The predicted molar refractivity (Wildman–Crippen MR) is 99.1 cm³/mol. The fraction of sp³-hybridized carbons (Fsp3) is 0.500. The van der Waals surface area contributed by atoms with Crippen molar-refractivity contribution in [1.82, 2.24) is 5.32 Å². The van der Waals surface area contributed by atoms with Crippen LogP contribution in [0.5, 0.6) is 0 Å². The number of aryl methyl sites for hydroxylation is 1. The highest BCUT2D eigenvalue weighted by atomic mass is 32.1. The average Bonchev–Trinajstić information content (AvgIpc) is 3.01. The molecular formula is C18H23N3O4S. The van der Waals surface area contributed by atoms with Gasteiger partial charge in [0, 0.05) is 24.7 Å². The van der Waals surface area contributed by atoms with Crippen molar-refractivity contribution in [3.63, 3.8) is 0 Å². The van der Waals surface area contributed by atoms with Crippen LogP contribution in [-0.4, -0.2) is 38.7 Å². The lowest BCUT2D eigenvalue weighted by atomic mass is 9.95. The second-order valence-corrected chi connectivity index (χ2v) is 6.80. The number of hydrogen-bond acceptors (Lipinski definition) is 7. The first kappa shape index (κ1) is 19.9. The molecule has 0 fully saturated rings. The summed E-state index contributed by atoms with van der Waals surface area (Å²) in [5.41, 5.74) is 1.52. The summed E-state index contributed by atoms with van der Waals surface area (Å²) in [6.07, 6.45) is 5.24. The van der Waals surface area contributed by atoms with Gasteiger partial charge in [-0.1, -0.05) is 0 Å². The normalized spacial score (nSPS) is 13.5. The Morgan fingerprint density at radius 2 is 2.12 bits per heavy atom. The van der Waals surface area contributed by atoms with Crippen LogP contribution in [0, 0.1) is 11.3 Å². The zero-order valence-corrected chi connectivity index (χ0v) is 15.8. The second kappa shape index (κ2) is 9.94. The number of carbonyl (C=O) groups is 2. The van der Waals surface area contributed by atoms with Gasteiger partial charge in [-0.3, -0.25) is 4.79 Å².